The van der Waals surface area contributed by atoms with E-state index in [9.17, 15) is 9.18 Å². The first-order valence-electron chi connectivity index (χ1n) is 6.12. The van der Waals surface area contributed by atoms with Crippen LogP contribution in [-0.2, 0) is 0 Å². The van der Waals surface area contributed by atoms with Gasteiger partial charge in [0.1, 0.15) is 5.82 Å². The molecule has 0 aliphatic rings. The van der Waals surface area contributed by atoms with Gasteiger partial charge < -0.3 is 15.4 Å². The summed E-state index contributed by atoms with van der Waals surface area (Å²) in [4.78, 5) is 12.1. The van der Waals surface area contributed by atoms with E-state index in [-0.39, 0.29) is 11.0 Å². The maximum Gasteiger partial charge on any atom is 0.491 e. The quantitative estimate of drug-likeness (QED) is 0.756. The normalized spacial score (nSPS) is 10.3. The molecule has 1 amide bonds. The Morgan fingerprint density at radius 2 is 2.00 bits per heavy atom. The lowest BCUT2D eigenvalue weighted by atomic mass is 9.79. The van der Waals surface area contributed by atoms with Crippen LogP contribution in [0.15, 0.2) is 36.4 Å². The van der Waals surface area contributed by atoms with Crippen LogP contribution in [0.4, 0.5) is 10.1 Å². The molecule has 21 heavy (non-hydrogen) atoms. The van der Waals surface area contributed by atoms with Crippen LogP contribution < -0.4 is 10.8 Å². The Bertz CT molecular complexity index is 694. The van der Waals surface area contributed by atoms with Crippen LogP contribution in [0.1, 0.15) is 15.9 Å². The minimum Gasteiger partial charge on any atom is -0.423 e. The van der Waals surface area contributed by atoms with Crippen LogP contribution in [-0.4, -0.2) is 23.1 Å². The summed E-state index contributed by atoms with van der Waals surface area (Å²) in [5.41, 5.74) is 0.596. The van der Waals surface area contributed by atoms with Crippen molar-refractivity contribution >= 4 is 35.8 Å². The van der Waals surface area contributed by atoms with Crippen molar-refractivity contribution < 1.29 is 19.2 Å². The van der Waals surface area contributed by atoms with E-state index in [4.69, 9.17) is 21.6 Å². The minimum atomic E-state index is -1.98. The molecule has 0 fully saturated rings. The number of aryl methyl sites for hydroxylation is 1. The molecule has 0 unspecified atom stereocenters. The molecular formula is C14H12BClFNO3. The predicted molar refractivity (Wildman–Crippen MR) is 80.4 cm³/mol. The molecule has 0 bridgehead atoms. The molecule has 2 rings (SSSR count). The van der Waals surface area contributed by atoms with Crippen LogP contribution in [0.5, 0.6) is 0 Å². The first kappa shape index (κ1) is 15.5. The van der Waals surface area contributed by atoms with Crippen molar-refractivity contribution in [3.05, 3.63) is 58.4 Å². The zero-order valence-corrected chi connectivity index (χ0v) is 11.9. The first-order valence-corrected chi connectivity index (χ1v) is 6.50. The molecule has 0 saturated carbocycles. The maximum atomic E-state index is 14.0. The topological polar surface area (TPSA) is 69.6 Å². The molecule has 0 spiro atoms. The molecule has 4 nitrogen and oxygen atoms in total. The lowest BCUT2D eigenvalue weighted by Gasteiger charge is -2.11. The number of carbonyl (C=O) groups excluding carboxylic acids is 1. The van der Waals surface area contributed by atoms with Crippen molar-refractivity contribution in [2.45, 2.75) is 6.92 Å². The van der Waals surface area contributed by atoms with Crippen LogP contribution in [0.25, 0.3) is 0 Å². The number of rotatable bonds is 3. The standard InChI is InChI=1S/C14H12BClFNO3/c1-8-5-6-9(16)7-12(8)18-14(19)10-3-2-4-11(13(10)17)15(20)21/h2-7,20-21H,1H3,(H,18,19). The number of halogens is 2. The third-order valence-corrected chi connectivity index (χ3v) is 3.23. The molecule has 0 heterocycles. The van der Waals surface area contributed by atoms with Gasteiger partial charge in [0.15, 0.2) is 0 Å². The molecule has 3 N–H and O–H groups in total. The fourth-order valence-electron chi connectivity index (χ4n) is 1.84. The maximum absolute atomic E-state index is 14.0. The highest BCUT2D eigenvalue weighted by atomic mass is 35.5. The second-order valence-corrected chi connectivity index (χ2v) is 4.93. The molecular weight excluding hydrogens is 295 g/mol. The Morgan fingerprint density at radius 3 is 2.67 bits per heavy atom. The summed E-state index contributed by atoms with van der Waals surface area (Å²) in [5.74, 6) is -1.66. The van der Waals surface area contributed by atoms with Gasteiger partial charge in [0, 0.05) is 16.2 Å². The molecule has 0 aliphatic carbocycles. The fraction of sp³-hybridized carbons (Fsp3) is 0.0714. The van der Waals surface area contributed by atoms with Gasteiger partial charge in [-0.2, -0.15) is 0 Å². The van der Waals surface area contributed by atoms with Crippen molar-refractivity contribution in [2.24, 2.45) is 0 Å². The molecule has 0 radical (unpaired) electrons. The van der Waals surface area contributed by atoms with Crippen LogP contribution >= 0.6 is 11.6 Å². The highest BCUT2D eigenvalue weighted by Crippen LogP contribution is 2.21. The van der Waals surface area contributed by atoms with Crippen LogP contribution in [0.3, 0.4) is 0 Å². The fourth-order valence-corrected chi connectivity index (χ4v) is 2.02. The number of hydrogen-bond acceptors (Lipinski definition) is 3. The minimum absolute atomic E-state index is 0.278. The molecule has 0 aliphatic heterocycles. The highest BCUT2D eigenvalue weighted by molar-refractivity contribution is 6.58. The molecule has 0 atom stereocenters. The third kappa shape index (κ3) is 3.42. The second kappa shape index (κ2) is 6.26. The molecule has 2 aromatic carbocycles. The van der Waals surface area contributed by atoms with E-state index in [0.717, 1.165) is 5.56 Å². The lowest BCUT2D eigenvalue weighted by molar-refractivity contribution is 0.102. The summed E-state index contributed by atoms with van der Waals surface area (Å²) in [7, 11) is -1.98. The van der Waals surface area contributed by atoms with Gasteiger partial charge >= 0.3 is 7.12 Å². The van der Waals surface area contributed by atoms with Crippen molar-refractivity contribution in [3.63, 3.8) is 0 Å². The molecule has 2 aromatic rings. The Labute approximate surface area is 126 Å². The van der Waals surface area contributed by atoms with Gasteiger partial charge in [-0.15, -0.1) is 0 Å². The van der Waals surface area contributed by atoms with Gasteiger partial charge in [0.25, 0.3) is 5.91 Å². The average molecular weight is 308 g/mol. The summed E-state index contributed by atoms with van der Waals surface area (Å²) < 4.78 is 14.0. The Morgan fingerprint density at radius 1 is 1.29 bits per heavy atom. The van der Waals surface area contributed by atoms with E-state index in [0.29, 0.717) is 10.7 Å². The monoisotopic (exact) mass is 307 g/mol. The summed E-state index contributed by atoms with van der Waals surface area (Å²) in [5, 5.41) is 21.1. The van der Waals surface area contributed by atoms with Gasteiger partial charge in [-0.25, -0.2) is 4.39 Å². The van der Waals surface area contributed by atoms with Gasteiger partial charge in [-0.3, -0.25) is 4.79 Å². The van der Waals surface area contributed by atoms with Gasteiger partial charge in [-0.1, -0.05) is 29.8 Å². The largest absolute Gasteiger partial charge is 0.491 e. The molecule has 0 saturated heterocycles. The Hall–Kier alpha value is -1.89. The molecule has 0 aromatic heterocycles. The Balaban J connectivity index is 2.33. The van der Waals surface area contributed by atoms with E-state index in [1.165, 1.54) is 18.2 Å². The number of hydrogen-bond donors (Lipinski definition) is 3. The summed E-state index contributed by atoms with van der Waals surface area (Å²) in [6, 6.07) is 8.78. The zero-order valence-electron chi connectivity index (χ0n) is 11.1. The van der Waals surface area contributed by atoms with Crippen molar-refractivity contribution in [3.8, 4) is 0 Å². The number of benzene rings is 2. The lowest BCUT2D eigenvalue weighted by Crippen LogP contribution is -2.34. The second-order valence-electron chi connectivity index (χ2n) is 4.50. The molecule has 7 heteroatoms. The van der Waals surface area contributed by atoms with Crippen molar-refractivity contribution in [2.75, 3.05) is 5.32 Å². The summed E-state index contributed by atoms with van der Waals surface area (Å²) in [6.45, 7) is 1.77. The Kier molecular flexibility index (Phi) is 4.62. The number of carbonyl (C=O) groups is 1. The number of nitrogens with one attached hydrogen (secondary N) is 1. The SMILES string of the molecule is Cc1ccc(Cl)cc1NC(=O)c1cccc(B(O)O)c1F. The van der Waals surface area contributed by atoms with Gasteiger partial charge in [-0.05, 0) is 30.7 Å². The first-order chi connectivity index (χ1) is 9.90. The summed E-state index contributed by atoms with van der Waals surface area (Å²) in [6.07, 6.45) is 0. The third-order valence-electron chi connectivity index (χ3n) is 3.00. The summed E-state index contributed by atoms with van der Waals surface area (Å²) >= 11 is 5.85. The van der Waals surface area contributed by atoms with Gasteiger partial charge in [0.05, 0.1) is 5.56 Å². The van der Waals surface area contributed by atoms with Crippen molar-refractivity contribution in [1.29, 1.82) is 0 Å². The van der Waals surface area contributed by atoms with Crippen LogP contribution in [0, 0.1) is 12.7 Å². The van der Waals surface area contributed by atoms with Gasteiger partial charge in [0.2, 0.25) is 0 Å². The highest BCUT2D eigenvalue weighted by Gasteiger charge is 2.22. The number of amides is 1. The number of anilines is 1. The smallest absolute Gasteiger partial charge is 0.423 e. The van der Waals surface area contributed by atoms with Crippen LogP contribution in [0.2, 0.25) is 5.02 Å². The van der Waals surface area contributed by atoms with E-state index in [2.05, 4.69) is 5.32 Å². The van der Waals surface area contributed by atoms with E-state index < -0.39 is 18.8 Å². The predicted octanol–water partition coefficient (Wildman–Crippen LogP) is 1.72. The van der Waals surface area contributed by atoms with E-state index in [1.54, 1.807) is 25.1 Å². The molecule has 108 valence electrons. The zero-order chi connectivity index (χ0) is 15.6. The van der Waals surface area contributed by atoms with E-state index in [1.807, 2.05) is 0 Å². The van der Waals surface area contributed by atoms with E-state index >= 15 is 0 Å². The average Bonchev–Trinajstić information content (AvgIpc) is 2.42. The van der Waals surface area contributed by atoms with Crippen molar-refractivity contribution in [1.82, 2.24) is 0 Å².